The van der Waals surface area contributed by atoms with Crippen molar-refractivity contribution in [1.82, 2.24) is 14.5 Å². The van der Waals surface area contributed by atoms with E-state index in [1.54, 1.807) is 11.6 Å². The first-order valence-corrected chi connectivity index (χ1v) is 10.8. The van der Waals surface area contributed by atoms with Crippen molar-refractivity contribution in [3.63, 3.8) is 0 Å². The number of hydrogen-bond donors (Lipinski definition) is 2. The van der Waals surface area contributed by atoms with Crippen LogP contribution in [0.2, 0.25) is 0 Å². The minimum absolute atomic E-state index is 0.104. The first-order chi connectivity index (χ1) is 14.3. The van der Waals surface area contributed by atoms with Crippen LogP contribution in [0.1, 0.15) is 37.3 Å². The zero-order chi connectivity index (χ0) is 21.6. The smallest absolute Gasteiger partial charge is 0.259 e. The fourth-order valence-corrected chi connectivity index (χ4v) is 5.21. The Morgan fingerprint density at radius 2 is 2.20 bits per heavy atom. The standard InChI is InChI=1S/C21H25FN4O3S/c1-10(2)12-8-26(4)20(28)16-11(3)18(30-19(12)16)17-13(22)7-23-21(25-17)24-14-5-6-29-9-15(14)27/h7-8,10,14-15,27H,5-6,9H2,1-4H3,(H,23,24,25)/t14-,15-/m1/s1. The summed E-state index contributed by atoms with van der Waals surface area (Å²) >= 11 is 1.38. The number of aliphatic hydroxyl groups is 1. The highest BCUT2D eigenvalue weighted by atomic mass is 32.1. The van der Waals surface area contributed by atoms with Crippen LogP contribution >= 0.6 is 11.3 Å². The van der Waals surface area contributed by atoms with E-state index in [4.69, 9.17) is 4.74 Å². The summed E-state index contributed by atoms with van der Waals surface area (Å²) in [6.07, 6.45) is 2.90. The summed E-state index contributed by atoms with van der Waals surface area (Å²) in [7, 11) is 1.73. The van der Waals surface area contributed by atoms with E-state index in [0.29, 0.717) is 28.9 Å². The number of fused-ring (bicyclic) bond motifs is 1. The van der Waals surface area contributed by atoms with Crippen molar-refractivity contribution >= 4 is 27.4 Å². The zero-order valence-electron chi connectivity index (χ0n) is 17.4. The van der Waals surface area contributed by atoms with Crippen molar-refractivity contribution < 1.29 is 14.2 Å². The fourth-order valence-electron chi connectivity index (χ4n) is 3.77. The summed E-state index contributed by atoms with van der Waals surface area (Å²) in [4.78, 5) is 21.9. The molecule has 4 heterocycles. The zero-order valence-corrected chi connectivity index (χ0v) is 18.2. The number of thiophene rings is 1. The van der Waals surface area contributed by atoms with Gasteiger partial charge in [0.15, 0.2) is 5.82 Å². The molecule has 30 heavy (non-hydrogen) atoms. The second-order valence-electron chi connectivity index (χ2n) is 7.99. The lowest BCUT2D eigenvalue weighted by Crippen LogP contribution is -2.42. The first-order valence-electron chi connectivity index (χ1n) is 9.95. The molecule has 3 aromatic heterocycles. The molecule has 1 aliphatic rings. The average Bonchev–Trinajstić information content (AvgIpc) is 3.05. The van der Waals surface area contributed by atoms with Crippen LogP contribution in [0.15, 0.2) is 17.2 Å². The molecule has 0 amide bonds. The number of aryl methyl sites for hydroxylation is 2. The Morgan fingerprint density at radius 1 is 1.43 bits per heavy atom. The number of anilines is 1. The number of pyridine rings is 1. The lowest BCUT2D eigenvalue weighted by molar-refractivity contribution is -0.0136. The quantitative estimate of drug-likeness (QED) is 0.658. The summed E-state index contributed by atoms with van der Waals surface area (Å²) in [5.41, 5.74) is 1.81. The first kappa shape index (κ1) is 20.9. The van der Waals surface area contributed by atoms with Gasteiger partial charge in [-0.2, -0.15) is 0 Å². The van der Waals surface area contributed by atoms with Crippen LogP contribution in [0, 0.1) is 12.7 Å². The maximum atomic E-state index is 14.8. The maximum Gasteiger partial charge on any atom is 0.259 e. The van der Waals surface area contributed by atoms with E-state index < -0.39 is 11.9 Å². The van der Waals surface area contributed by atoms with Crippen molar-refractivity contribution in [3.8, 4) is 10.6 Å². The number of nitrogens with one attached hydrogen (secondary N) is 1. The molecule has 2 atom stereocenters. The average molecular weight is 433 g/mol. The molecule has 7 nitrogen and oxygen atoms in total. The molecule has 4 rings (SSSR count). The minimum Gasteiger partial charge on any atom is -0.389 e. The molecule has 160 valence electrons. The summed E-state index contributed by atoms with van der Waals surface area (Å²) in [6, 6.07) is -0.264. The SMILES string of the molecule is Cc1c(-c2nc(N[C@@H]3CCOC[C@H]3O)ncc2F)sc2c(C(C)C)cn(C)c(=O)c12. The van der Waals surface area contributed by atoms with Crippen LogP contribution in [-0.4, -0.2) is 45.0 Å². The lowest BCUT2D eigenvalue weighted by atomic mass is 10.0. The van der Waals surface area contributed by atoms with Crippen molar-refractivity contribution in [2.24, 2.45) is 7.05 Å². The fraction of sp³-hybridized carbons (Fsp3) is 0.476. The molecule has 3 aromatic rings. The summed E-state index contributed by atoms with van der Waals surface area (Å²) < 4.78 is 22.4. The van der Waals surface area contributed by atoms with Gasteiger partial charge in [0.25, 0.3) is 5.56 Å². The van der Waals surface area contributed by atoms with Gasteiger partial charge in [-0.3, -0.25) is 4.79 Å². The van der Waals surface area contributed by atoms with Crippen LogP contribution in [0.25, 0.3) is 20.7 Å². The van der Waals surface area contributed by atoms with E-state index >= 15 is 0 Å². The molecule has 0 saturated carbocycles. The molecule has 0 radical (unpaired) electrons. The van der Waals surface area contributed by atoms with Gasteiger partial charge in [-0.1, -0.05) is 13.8 Å². The van der Waals surface area contributed by atoms with E-state index in [9.17, 15) is 14.3 Å². The topological polar surface area (TPSA) is 89.3 Å². The predicted molar refractivity (Wildman–Crippen MR) is 116 cm³/mol. The maximum absolute atomic E-state index is 14.8. The van der Waals surface area contributed by atoms with Gasteiger partial charge in [-0.15, -0.1) is 11.3 Å². The Hall–Kier alpha value is -2.36. The Kier molecular flexibility index (Phi) is 5.61. The highest BCUT2D eigenvalue weighted by Gasteiger charge is 2.26. The number of aliphatic hydroxyl groups excluding tert-OH is 1. The van der Waals surface area contributed by atoms with Crippen molar-refractivity contribution in [3.05, 3.63) is 39.7 Å². The number of ether oxygens (including phenoxy) is 1. The molecule has 9 heteroatoms. The Bertz CT molecular complexity index is 1160. The van der Waals surface area contributed by atoms with Gasteiger partial charge in [0.2, 0.25) is 5.95 Å². The van der Waals surface area contributed by atoms with E-state index in [2.05, 4.69) is 29.1 Å². The van der Waals surface area contributed by atoms with Crippen molar-refractivity contribution in [2.75, 3.05) is 18.5 Å². The van der Waals surface area contributed by atoms with Gasteiger partial charge < -0.3 is 19.7 Å². The molecule has 1 saturated heterocycles. The second kappa shape index (κ2) is 8.05. The monoisotopic (exact) mass is 432 g/mol. The molecule has 1 aliphatic heterocycles. The van der Waals surface area contributed by atoms with Gasteiger partial charge in [0.1, 0.15) is 5.69 Å². The summed E-state index contributed by atoms with van der Waals surface area (Å²) in [5.74, 6) is -0.0930. The highest BCUT2D eigenvalue weighted by molar-refractivity contribution is 7.22. The number of rotatable bonds is 4. The third kappa shape index (κ3) is 3.61. The molecular formula is C21H25FN4O3S. The van der Waals surface area contributed by atoms with E-state index in [-0.39, 0.29) is 35.8 Å². The predicted octanol–water partition coefficient (Wildman–Crippen LogP) is 3.19. The number of nitrogens with zero attached hydrogens (tertiary/aromatic N) is 3. The Labute approximate surface area is 177 Å². The molecule has 1 fully saturated rings. The number of hydrogen-bond acceptors (Lipinski definition) is 7. The highest BCUT2D eigenvalue weighted by Crippen LogP contribution is 2.40. The Balaban J connectivity index is 1.82. The summed E-state index contributed by atoms with van der Waals surface area (Å²) in [6.45, 7) is 6.74. The van der Waals surface area contributed by atoms with E-state index in [0.717, 1.165) is 16.5 Å². The molecule has 0 aromatic carbocycles. The van der Waals surface area contributed by atoms with E-state index in [1.165, 1.54) is 11.3 Å². The third-order valence-electron chi connectivity index (χ3n) is 5.50. The Morgan fingerprint density at radius 3 is 2.90 bits per heavy atom. The van der Waals surface area contributed by atoms with Gasteiger partial charge in [0, 0.05) is 24.6 Å². The van der Waals surface area contributed by atoms with Crippen molar-refractivity contribution in [2.45, 2.75) is 45.3 Å². The molecule has 0 unspecified atom stereocenters. The minimum atomic E-state index is -0.682. The summed E-state index contributed by atoms with van der Waals surface area (Å²) in [5, 5.41) is 13.8. The van der Waals surface area contributed by atoms with E-state index in [1.807, 2.05) is 13.1 Å². The van der Waals surface area contributed by atoms with Crippen molar-refractivity contribution in [1.29, 1.82) is 0 Å². The van der Waals surface area contributed by atoms with Crippen LogP contribution in [0.5, 0.6) is 0 Å². The van der Waals surface area contributed by atoms with Crippen LogP contribution in [0.3, 0.4) is 0 Å². The van der Waals surface area contributed by atoms with Crippen LogP contribution in [0.4, 0.5) is 10.3 Å². The normalized spacial score (nSPS) is 19.6. The van der Waals surface area contributed by atoms with Gasteiger partial charge in [-0.05, 0) is 30.4 Å². The molecule has 2 N–H and O–H groups in total. The lowest BCUT2D eigenvalue weighted by Gasteiger charge is -2.28. The van der Waals surface area contributed by atoms with Crippen LogP contribution in [-0.2, 0) is 11.8 Å². The largest absolute Gasteiger partial charge is 0.389 e. The molecular weight excluding hydrogens is 407 g/mol. The molecule has 0 aliphatic carbocycles. The number of aromatic nitrogens is 3. The van der Waals surface area contributed by atoms with Gasteiger partial charge in [-0.25, -0.2) is 14.4 Å². The van der Waals surface area contributed by atoms with Gasteiger partial charge >= 0.3 is 0 Å². The number of halogens is 1. The van der Waals surface area contributed by atoms with Crippen LogP contribution < -0.4 is 10.9 Å². The van der Waals surface area contributed by atoms with Gasteiger partial charge in [0.05, 0.1) is 35.2 Å². The third-order valence-corrected chi connectivity index (χ3v) is 6.85. The molecule has 0 spiro atoms. The second-order valence-corrected chi connectivity index (χ2v) is 9.01. The molecule has 0 bridgehead atoms.